The van der Waals surface area contributed by atoms with Crippen molar-refractivity contribution in [2.75, 3.05) is 16.0 Å². The third kappa shape index (κ3) is 4.38. The van der Waals surface area contributed by atoms with E-state index in [0.29, 0.717) is 29.1 Å². The number of carbonyl (C=O) groups excluding carboxylic acids is 2. The molecule has 4 N–H and O–H groups in total. The lowest BCUT2D eigenvalue weighted by Gasteiger charge is -2.08. The van der Waals surface area contributed by atoms with Crippen LogP contribution in [0, 0.1) is 0 Å². The van der Waals surface area contributed by atoms with Crippen molar-refractivity contribution in [2.24, 2.45) is 7.05 Å². The van der Waals surface area contributed by atoms with E-state index in [4.69, 9.17) is 0 Å². The molecule has 0 saturated carbocycles. The third-order valence-electron chi connectivity index (χ3n) is 5.32. The largest absolute Gasteiger partial charge is 0.344 e. The van der Waals surface area contributed by atoms with E-state index in [0.717, 1.165) is 22.4 Å². The van der Waals surface area contributed by atoms with Crippen LogP contribution in [0.2, 0.25) is 0 Å². The van der Waals surface area contributed by atoms with Crippen molar-refractivity contribution in [3.05, 3.63) is 95.6 Å². The molecule has 0 fully saturated rings. The normalized spacial score (nSPS) is 13.6. The van der Waals surface area contributed by atoms with Crippen molar-refractivity contribution in [2.45, 2.75) is 6.42 Å². The van der Waals surface area contributed by atoms with E-state index in [-0.39, 0.29) is 11.8 Å². The fourth-order valence-electron chi connectivity index (χ4n) is 3.66. The molecule has 0 saturated heterocycles. The van der Waals surface area contributed by atoms with Gasteiger partial charge in [-0.2, -0.15) is 10.2 Å². The molecule has 0 aliphatic carbocycles. The summed E-state index contributed by atoms with van der Waals surface area (Å²) in [5.74, 6) is 0.281. The number of amides is 2. The summed E-state index contributed by atoms with van der Waals surface area (Å²) in [5, 5.41) is 19.6. The molecule has 0 atom stereocenters. The van der Waals surface area contributed by atoms with Crippen LogP contribution in [0.1, 0.15) is 27.0 Å². The molecular weight excluding hydrogens is 418 g/mol. The molecule has 1 aliphatic heterocycles. The summed E-state index contributed by atoms with van der Waals surface area (Å²) >= 11 is 0. The zero-order valence-electron chi connectivity index (χ0n) is 17.8. The monoisotopic (exact) mass is 439 g/mol. The summed E-state index contributed by atoms with van der Waals surface area (Å²) in [6.45, 7) is 0. The Morgan fingerprint density at radius 1 is 1.12 bits per heavy atom. The third-order valence-corrected chi connectivity index (χ3v) is 5.32. The first-order chi connectivity index (χ1) is 16.0. The standard InChI is InChI=1S/C24H21N7O2/c1-31-14-17(12-27-31)23(32)28-18-5-2-15(3-6-18)10-16-4-7-21-19(11-16)20(24(33)29-21)13-25-22-8-9-26-30-22/h2-9,11-14H,10H2,1H3,(H,28,32)(H,29,33)(H2,25,26,30)/b20-13-. The van der Waals surface area contributed by atoms with Gasteiger partial charge in [-0.3, -0.25) is 19.4 Å². The molecule has 4 aromatic rings. The van der Waals surface area contributed by atoms with Crippen molar-refractivity contribution in [3.8, 4) is 0 Å². The number of carbonyl (C=O) groups is 2. The number of rotatable bonds is 6. The van der Waals surface area contributed by atoms with E-state index in [9.17, 15) is 9.59 Å². The number of nitrogens with one attached hydrogen (secondary N) is 4. The lowest BCUT2D eigenvalue weighted by atomic mass is 9.99. The van der Waals surface area contributed by atoms with Crippen LogP contribution >= 0.6 is 0 Å². The van der Waals surface area contributed by atoms with Gasteiger partial charge in [0.05, 0.1) is 17.3 Å². The highest BCUT2D eigenvalue weighted by atomic mass is 16.2. The molecule has 0 radical (unpaired) electrons. The topological polar surface area (TPSA) is 117 Å². The SMILES string of the molecule is Cn1cc(C(=O)Nc2ccc(Cc3ccc4c(c3)/C(=C/Nc3cc[nH]n3)C(=O)N4)cc2)cn1. The van der Waals surface area contributed by atoms with Gasteiger partial charge in [0.25, 0.3) is 11.8 Å². The van der Waals surface area contributed by atoms with E-state index in [1.807, 2.05) is 42.5 Å². The summed E-state index contributed by atoms with van der Waals surface area (Å²) in [6, 6.07) is 15.4. The molecule has 5 rings (SSSR count). The fourth-order valence-corrected chi connectivity index (χ4v) is 3.66. The number of nitrogens with zero attached hydrogens (tertiary/aromatic N) is 3. The number of aromatic nitrogens is 4. The number of aryl methyl sites for hydroxylation is 1. The molecule has 3 heterocycles. The number of benzene rings is 2. The van der Waals surface area contributed by atoms with Gasteiger partial charge in [0, 0.05) is 48.6 Å². The summed E-state index contributed by atoms with van der Waals surface area (Å²) in [5.41, 5.74) is 5.57. The van der Waals surface area contributed by atoms with E-state index in [1.165, 1.54) is 6.20 Å². The van der Waals surface area contributed by atoms with Crippen LogP contribution in [-0.2, 0) is 18.3 Å². The molecule has 2 amide bonds. The van der Waals surface area contributed by atoms with Crippen molar-refractivity contribution in [1.82, 2.24) is 20.0 Å². The Bertz CT molecular complexity index is 1350. The number of hydrogen-bond acceptors (Lipinski definition) is 5. The summed E-state index contributed by atoms with van der Waals surface area (Å²) in [6.07, 6.45) is 7.27. The van der Waals surface area contributed by atoms with Crippen LogP contribution in [0.5, 0.6) is 0 Å². The molecule has 0 bridgehead atoms. The average Bonchev–Trinajstić information content (AvgIpc) is 3.54. The van der Waals surface area contributed by atoms with Crippen LogP contribution in [0.3, 0.4) is 0 Å². The predicted molar refractivity (Wildman–Crippen MR) is 126 cm³/mol. The van der Waals surface area contributed by atoms with Gasteiger partial charge in [-0.15, -0.1) is 0 Å². The van der Waals surface area contributed by atoms with E-state index in [1.54, 1.807) is 36.4 Å². The summed E-state index contributed by atoms with van der Waals surface area (Å²) in [4.78, 5) is 24.7. The van der Waals surface area contributed by atoms with Crippen molar-refractivity contribution in [3.63, 3.8) is 0 Å². The van der Waals surface area contributed by atoms with Gasteiger partial charge in [0.1, 0.15) is 0 Å². The van der Waals surface area contributed by atoms with Crippen molar-refractivity contribution >= 4 is 34.6 Å². The van der Waals surface area contributed by atoms with Crippen molar-refractivity contribution in [1.29, 1.82) is 0 Å². The molecule has 0 spiro atoms. The van der Waals surface area contributed by atoms with Gasteiger partial charge in [-0.05, 0) is 41.8 Å². The minimum absolute atomic E-state index is 0.154. The second-order valence-corrected chi connectivity index (χ2v) is 7.73. The number of H-pyrrole nitrogens is 1. The Labute approximate surface area is 189 Å². The smallest absolute Gasteiger partial charge is 0.258 e. The van der Waals surface area contributed by atoms with Gasteiger partial charge in [0.2, 0.25) is 0 Å². The lowest BCUT2D eigenvalue weighted by molar-refractivity contribution is -0.110. The highest BCUT2D eigenvalue weighted by Crippen LogP contribution is 2.33. The quantitative estimate of drug-likeness (QED) is 0.344. The first kappa shape index (κ1) is 20.3. The second kappa shape index (κ2) is 8.46. The van der Waals surface area contributed by atoms with Gasteiger partial charge >= 0.3 is 0 Å². The zero-order valence-corrected chi connectivity index (χ0v) is 17.8. The first-order valence-corrected chi connectivity index (χ1v) is 10.4. The molecule has 9 heteroatoms. The molecule has 0 unspecified atom stereocenters. The molecule has 164 valence electrons. The van der Waals surface area contributed by atoms with E-state index in [2.05, 4.69) is 31.2 Å². The minimum Gasteiger partial charge on any atom is -0.344 e. The molecule has 2 aromatic carbocycles. The van der Waals surface area contributed by atoms with Gasteiger partial charge < -0.3 is 16.0 Å². The van der Waals surface area contributed by atoms with Crippen LogP contribution in [0.15, 0.2) is 73.3 Å². The zero-order chi connectivity index (χ0) is 22.8. The van der Waals surface area contributed by atoms with E-state index < -0.39 is 0 Å². The average molecular weight is 439 g/mol. The van der Waals surface area contributed by atoms with Crippen LogP contribution in [0.4, 0.5) is 17.2 Å². The Kier molecular flexibility index (Phi) is 5.19. The Morgan fingerprint density at radius 3 is 2.67 bits per heavy atom. The molecular formula is C24H21N7O2. The second-order valence-electron chi connectivity index (χ2n) is 7.73. The number of fused-ring (bicyclic) bond motifs is 1. The van der Waals surface area contributed by atoms with Gasteiger partial charge in [-0.25, -0.2) is 0 Å². The Hall–Kier alpha value is -4.66. The maximum absolute atomic E-state index is 12.4. The van der Waals surface area contributed by atoms with Crippen LogP contribution < -0.4 is 16.0 Å². The highest BCUT2D eigenvalue weighted by molar-refractivity contribution is 6.31. The summed E-state index contributed by atoms with van der Waals surface area (Å²) < 4.78 is 1.59. The van der Waals surface area contributed by atoms with Crippen molar-refractivity contribution < 1.29 is 9.59 Å². The maximum Gasteiger partial charge on any atom is 0.258 e. The maximum atomic E-state index is 12.4. The number of aromatic amines is 1. The Morgan fingerprint density at radius 2 is 1.94 bits per heavy atom. The Balaban J connectivity index is 1.29. The number of anilines is 3. The van der Waals surface area contributed by atoms with E-state index >= 15 is 0 Å². The predicted octanol–water partition coefficient (Wildman–Crippen LogP) is 3.39. The minimum atomic E-state index is -0.200. The molecule has 1 aliphatic rings. The molecule has 33 heavy (non-hydrogen) atoms. The van der Waals surface area contributed by atoms with Gasteiger partial charge in [-0.1, -0.05) is 18.2 Å². The lowest BCUT2D eigenvalue weighted by Crippen LogP contribution is -2.11. The molecule has 9 nitrogen and oxygen atoms in total. The number of hydrogen-bond donors (Lipinski definition) is 4. The first-order valence-electron chi connectivity index (χ1n) is 10.4. The van der Waals surface area contributed by atoms with Crippen LogP contribution in [-0.4, -0.2) is 31.8 Å². The fraction of sp³-hybridized carbons (Fsp3) is 0.0833. The van der Waals surface area contributed by atoms with Gasteiger partial charge in [0.15, 0.2) is 5.82 Å². The summed E-state index contributed by atoms with van der Waals surface area (Å²) in [7, 11) is 1.77. The van der Waals surface area contributed by atoms with Crippen LogP contribution in [0.25, 0.3) is 5.57 Å². The molecule has 2 aromatic heterocycles. The highest BCUT2D eigenvalue weighted by Gasteiger charge is 2.24.